The van der Waals surface area contributed by atoms with Gasteiger partial charge in [-0.1, -0.05) is 5.92 Å². The van der Waals surface area contributed by atoms with E-state index in [9.17, 15) is 9.59 Å². The van der Waals surface area contributed by atoms with Crippen LogP contribution in [0.15, 0.2) is 18.5 Å². The standard InChI is InChI=1S/C10H8N2O3/c1-15-10(14)8-4-5-12-6-7(8)2-3-9(11)13/h4-6H,1H3,(H2,11,13). The molecule has 0 saturated heterocycles. The molecule has 0 aliphatic rings. The molecule has 5 nitrogen and oxygen atoms in total. The van der Waals surface area contributed by atoms with Gasteiger partial charge in [0.15, 0.2) is 0 Å². The average molecular weight is 204 g/mol. The van der Waals surface area contributed by atoms with Crippen molar-refractivity contribution < 1.29 is 14.3 Å². The third-order valence-corrected chi connectivity index (χ3v) is 1.55. The van der Waals surface area contributed by atoms with E-state index < -0.39 is 11.9 Å². The van der Waals surface area contributed by atoms with Crippen LogP contribution in [0.25, 0.3) is 0 Å². The first kappa shape index (κ1) is 10.7. The van der Waals surface area contributed by atoms with Crippen molar-refractivity contribution in [2.24, 2.45) is 5.73 Å². The first-order chi connectivity index (χ1) is 7.15. The monoisotopic (exact) mass is 204 g/mol. The Hall–Kier alpha value is -2.35. The highest BCUT2D eigenvalue weighted by Crippen LogP contribution is 2.06. The van der Waals surface area contributed by atoms with Crippen LogP contribution in [0, 0.1) is 11.8 Å². The van der Waals surface area contributed by atoms with E-state index in [2.05, 4.69) is 21.6 Å². The number of carbonyl (C=O) groups excluding carboxylic acids is 2. The molecule has 2 N–H and O–H groups in total. The molecule has 1 amide bonds. The van der Waals surface area contributed by atoms with Crippen molar-refractivity contribution in [2.75, 3.05) is 7.11 Å². The Bertz CT molecular complexity index is 457. The quantitative estimate of drug-likeness (QED) is 0.503. The third-order valence-electron chi connectivity index (χ3n) is 1.55. The van der Waals surface area contributed by atoms with Crippen molar-refractivity contribution in [3.05, 3.63) is 29.6 Å². The molecule has 5 heteroatoms. The number of esters is 1. The van der Waals surface area contributed by atoms with Crippen LogP contribution in [-0.2, 0) is 9.53 Å². The summed E-state index contributed by atoms with van der Waals surface area (Å²) < 4.78 is 4.53. The van der Waals surface area contributed by atoms with Gasteiger partial charge in [0.05, 0.1) is 18.2 Å². The van der Waals surface area contributed by atoms with E-state index in [4.69, 9.17) is 5.73 Å². The van der Waals surface area contributed by atoms with Gasteiger partial charge in [0.25, 0.3) is 5.91 Å². The summed E-state index contributed by atoms with van der Waals surface area (Å²) in [7, 11) is 1.26. The zero-order valence-electron chi connectivity index (χ0n) is 7.98. The highest BCUT2D eigenvalue weighted by atomic mass is 16.5. The van der Waals surface area contributed by atoms with E-state index in [1.807, 2.05) is 0 Å². The Balaban J connectivity index is 3.14. The molecule has 0 aliphatic carbocycles. The largest absolute Gasteiger partial charge is 0.465 e. The number of aromatic nitrogens is 1. The second kappa shape index (κ2) is 4.77. The smallest absolute Gasteiger partial charge is 0.339 e. The maximum Gasteiger partial charge on any atom is 0.339 e. The third kappa shape index (κ3) is 2.81. The van der Waals surface area contributed by atoms with Gasteiger partial charge in [0, 0.05) is 18.3 Å². The number of hydrogen-bond donors (Lipinski definition) is 1. The van der Waals surface area contributed by atoms with Gasteiger partial charge in [0.2, 0.25) is 0 Å². The lowest BCUT2D eigenvalue weighted by Gasteiger charge is -2.00. The lowest BCUT2D eigenvalue weighted by atomic mass is 10.1. The predicted octanol–water partition coefficient (Wildman–Crippen LogP) is -0.295. The molecular weight excluding hydrogens is 196 g/mol. The van der Waals surface area contributed by atoms with Gasteiger partial charge in [-0.05, 0) is 6.07 Å². The lowest BCUT2D eigenvalue weighted by Crippen LogP contribution is -2.07. The fourth-order valence-corrected chi connectivity index (χ4v) is 0.911. The summed E-state index contributed by atoms with van der Waals surface area (Å²) in [5, 5.41) is 0. The van der Waals surface area contributed by atoms with Gasteiger partial charge in [0.1, 0.15) is 0 Å². The maximum absolute atomic E-state index is 11.2. The molecule has 76 valence electrons. The van der Waals surface area contributed by atoms with Gasteiger partial charge in [-0.3, -0.25) is 9.78 Å². The summed E-state index contributed by atoms with van der Waals surface area (Å²) in [5.74, 6) is 3.26. The topological polar surface area (TPSA) is 82.3 Å². The summed E-state index contributed by atoms with van der Waals surface area (Å²) in [6.45, 7) is 0. The molecule has 1 rings (SSSR count). The highest BCUT2D eigenvalue weighted by molar-refractivity contribution is 5.95. The number of methoxy groups -OCH3 is 1. The van der Waals surface area contributed by atoms with E-state index in [0.717, 1.165) is 0 Å². The molecule has 0 aromatic carbocycles. The molecule has 1 aromatic rings. The van der Waals surface area contributed by atoms with Crippen LogP contribution in [-0.4, -0.2) is 24.0 Å². The molecule has 0 fully saturated rings. The molecule has 15 heavy (non-hydrogen) atoms. The van der Waals surface area contributed by atoms with E-state index in [1.165, 1.54) is 25.6 Å². The van der Waals surface area contributed by atoms with Gasteiger partial charge < -0.3 is 10.5 Å². The second-order valence-electron chi connectivity index (χ2n) is 2.53. The van der Waals surface area contributed by atoms with Crippen molar-refractivity contribution in [1.82, 2.24) is 4.98 Å². The predicted molar refractivity (Wildman–Crippen MR) is 51.6 cm³/mol. The lowest BCUT2D eigenvalue weighted by molar-refractivity contribution is -0.112. The number of amides is 1. The maximum atomic E-state index is 11.2. The number of nitrogens with zero attached hydrogens (tertiary/aromatic N) is 1. The summed E-state index contributed by atoms with van der Waals surface area (Å²) in [4.78, 5) is 25.5. The number of rotatable bonds is 1. The van der Waals surface area contributed by atoms with Gasteiger partial charge in [-0.2, -0.15) is 0 Å². The van der Waals surface area contributed by atoms with Crippen LogP contribution in [0.1, 0.15) is 15.9 Å². The Morgan fingerprint density at radius 1 is 1.53 bits per heavy atom. The summed E-state index contributed by atoms with van der Waals surface area (Å²) in [5.41, 5.74) is 5.41. The number of carbonyl (C=O) groups is 2. The number of ether oxygens (including phenoxy) is 1. The van der Waals surface area contributed by atoms with Gasteiger partial charge >= 0.3 is 5.97 Å². The zero-order chi connectivity index (χ0) is 11.3. The number of hydrogen-bond acceptors (Lipinski definition) is 4. The minimum Gasteiger partial charge on any atom is -0.465 e. The highest BCUT2D eigenvalue weighted by Gasteiger charge is 2.09. The molecule has 1 aromatic heterocycles. The molecule has 1 heterocycles. The number of nitrogens with two attached hydrogens (primary N) is 1. The van der Waals surface area contributed by atoms with Gasteiger partial charge in [-0.25, -0.2) is 4.79 Å². The Labute approximate surface area is 86.3 Å². The molecule has 0 saturated carbocycles. The molecule has 0 spiro atoms. The Morgan fingerprint density at radius 3 is 2.87 bits per heavy atom. The fraction of sp³-hybridized carbons (Fsp3) is 0.100. The fourth-order valence-electron chi connectivity index (χ4n) is 0.911. The van der Waals surface area contributed by atoms with Crippen molar-refractivity contribution in [2.45, 2.75) is 0 Å². The minimum atomic E-state index is -0.769. The molecule has 0 bridgehead atoms. The number of pyridine rings is 1. The normalized spacial score (nSPS) is 8.60. The molecule has 0 aliphatic heterocycles. The van der Waals surface area contributed by atoms with E-state index >= 15 is 0 Å². The van der Waals surface area contributed by atoms with Crippen LogP contribution < -0.4 is 5.73 Å². The first-order valence-corrected chi connectivity index (χ1v) is 3.99. The van der Waals surface area contributed by atoms with E-state index in [1.54, 1.807) is 0 Å². The van der Waals surface area contributed by atoms with Crippen LogP contribution in [0.3, 0.4) is 0 Å². The van der Waals surface area contributed by atoms with Crippen molar-refractivity contribution in [1.29, 1.82) is 0 Å². The van der Waals surface area contributed by atoms with Crippen LogP contribution in [0.4, 0.5) is 0 Å². The van der Waals surface area contributed by atoms with E-state index in [0.29, 0.717) is 5.56 Å². The van der Waals surface area contributed by atoms with Crippen molar-refractivity contribution in [3.63, 3.8) is 0 Å². The first-order valence-electron chi connectivity index (χ1n) is 3.99. The van der Waals surface area contributed by atoms with Crippen LogP contribution in [0.2, 0.25) is 0 Å². The zero-order valence-corrected chi connectivity index (χ0v) is 7.98. The molecular formula is C10H8N2O3. The minimum absolute atomic E-state index is 0.251. The van der Waals surface area contributed by atoms with Gasteiger partial charge in [-0.15, -0.1) is 0 Å². The van der Waals surface area contributed by atoms with Crippen molar-refractivity contribution in [3.8, 4) is 11.8 Å². The summed E-state index contributed by atoms with van der Waals surface area (Å²) in [6, 6.07) is 1.46. The van der Waals surface area contributed by atoms with Crippen LogP contribution >= 0.6 is 0 Å². The molecule has 0 unspecified atom stereocenters. The Morgan fingerprint density at radius 2 is 2.27 bits per heavy atom. The van der Waals surface area contributed by atoms with Crippen LogP contribution in [0.5, 0.6) is 0 Å². The second-order valence-corrected chi connectivity index (χ2v) is 2.53. The average Bonchev–Trinajstić information content (AvgIpc) is 2.25. The molecule has 0 radical (unpaired) electrons. The summed E-state index contributed by atoms with van der Waals surface area (Å²) >= 11 is 0. The SMILES string of the molecule is COC(=O)c1ccncc1C#CC(N)=O. The van der Waals surface area contributed by atoms with Crippen molar-refractivity contribution >= 4 is 11.9 Å². The Kier molecular flexibility index (Phi) is 3.41. The van der Waals surface area contributed by atoms with E-state index in [-0.39, 0.29) is 5.56 Å². The summed E-state index contributed by atoms with van der Waals surface area (Å²) in [6.07, 6.45) is 2.80. The number of primary amides is 1. The molecule has 0 atom stereocenters.